The van der Waals surface area contributed by atoms with E-state index in [1.165, 1.54) is 57.9 Å². The van der Waals surface area contributed by atoms with Crippen LogP contribution in [0, 0.1) is 11.8 Å². The smallest absolute Gasteiger partial charge is 0.0669 e. The van der Waals surface area contributed by atoms with Crippen LogP contribution in [0.5, 0.6) is 0 Å². The fourth-order valence-corrected chi connectivity index (χ4v) is 3.77. The lowest BCUT2D eigenvalue weighted by atomic mass is 9.99. The predicted octanol–water partition coefficient (Wildman–Crippen LogP) is 3.05. The minimum atomic E-state index is -0.0931. The van der Waals surface area contributed by atoms with Gasteiger partial charge in [-0.25, -0.2) is 0 Å². The zero-order valence-electron chi connectivity index (χ0n) is 11.4. The molecule has 0 spiro atoms. The van der Waals surface area contributed by atoms with Crippen molar-refractivity contribution in [2.75, 3.05) is 20.1 Å². The molecule has 0 saturated heterocycles. The first-order chi connectivity index (χ1) is 8.24. The first-order valence-corrected chi connectivity index (χ1v) is 7.60. The second-order valence-corrected chi connectivity index (χ2v) is 6.41. The lowest BCUT2D eigenvalue weighted by Gasteiger charge is -2.24. The zero-order valence-corrected chi connectivity index (χ0v) is 11.4. The van der Waals surface area contributed by atoms with Crippen LogP contribution < -0.4 is 0 Å². The van der Waals surface area contributed by atoms with Gasteiger partial charge in [-0.2, -0.15) is 0 Å². The topological polar surface area (TPSA) is 23.5 Å². The van der Waals surface area contributed by atoms with Gasteiger partial charge in [0.2, 0.25) is 0 Å². The lowest BCUT2D eigenvalue weighted by molar-refractivity contribution is 0.0958. The molecule has 0 aromatic carbocycles. The second-order valence-electron chi connectivity index (χ2n) is 6.41. The van der Waals surface area contributed by atoms with Gasteiger partial charge < -0.3 is 10.0 Å². The van der Waals surface area contributed by atoms with Crippen molar-refractivity contribution in [2.24, 2.45) is 11.8 Å². The molecule has 1 N–H and O–H groups in total. The molecule has 0 radical (unpaired) electrons. The highest BCUT2D eigenvalue weighted by molar-refractivity contribution is 4.75. The van der Waals surface area contributed by atoms with E-state index in [0.717, 1.165) is 24.8 Å². The van der Waals surface area contributed by atoms with Gasteiger partial charge in [0.15, 0.2) is 0 Å². The van der Waals surface area contributed by atoms with Gasteiger partial charge in [0.25, 0.3) is 0 Å². The average Bonchev–Trinajstić information content (AvgIpc) is 2.90. The summed E-state index contributed by atoms with van der Waals surface area (Å²) in [6, 6.07) is 0. The van der Waals surface area contributed by atoms with Gasteiger partial charge >= 0.3 is 0 Å². The predicted molar refractivity (Wildman–Crippen MR) is 72.0 cm³/mol. The Kier molecular flexibility index (Phi) is 5.30. The van der Waals surface area contributed by atoms with Crippen molar-refractivity contribution in [3.63, 3.8) is 0 Å². The van der Waals surface area contributed by atoms with E-state index >= 15 is 0 Å². The molecule has 2 aliphatic carbocycles. The fraction of sp³-hybridized carbons (Fsp3) is 1.00. The SMILES string of the molecule is CN(CC(O)CC1CCCC1)CC1CCCC1. The van der Waals surface area contributed by atoms with E-state index in [1.54, 1.807) is 0 Å². The summed E-state index contributed by atoms with van der Waals surface area (Å²) in [5.41, 5.74) is 0. The Balaban J connectivity index is 1.60. The van der Waals surface area contributed by atoms with E-state index in [0.29, 0.717) is 0 Å². The highest BCUT2D eigenvalue weighted by atomic mass is 16.3. The lowest BCUT2D eigenvalue weighted by Crippen LogP contribution is -2.33. The van der Waals surface area contributed by atoms with E-state index < -0.39 is 0 Å². The third kappa shape index (κ3) is 4.59. The first kappa shape index (κ1) is 13.4. The van der Waals surface area contributed by atoms with Crippen molar-refractivity contribution in [3.8, 4) is 0 Å². The van der Waals surface area contributed by atoms with Crippen LogP contribution in [0.2, 0.25) is 0 Å². The highest BCUT2D eigenvalue weighted by Crippen LogP contribution is 2.29. The highest BCUT2D eigenvalue weighted by Gasteiger charge is 2.21. The van der Waals surface area contributed by atoms with Crippen LogP contribution in [0.1, 0.15) is 57.8 Å². The summed E-state index contributed by atoms with van der Waals surface area (Å²) in [5, 5.41) is 10.1. The number of aliphatic hydroxyl groups excluding tert-OH is 1. The zero-order chi connectivity index (χ0) is 12.1. The molecule has 1 atom stereocenters. The van der Waals surface area contributed by atoms with Crippen molar-refractivity contribution in [1.29, 1.82) is 0 Å². The monoisotopic (exact) mass is 239 g/mol. The number of aliphatic hydroxyl groups is 1. The average molecular weight is 239 g/mol. The van der Waals surface area contributed by atoms with Crippen molar-refractivity contribution in [1.82, 2.24) is 4.90 Å². The van der Waals surface area contributed by atoms with Crippen molar-refractivity contribution >= 4 is 0 Å². The van der Waals surface area contributed by atoms with Gasteiger partial charge in [0.05, 0.1) is 6.10 Å². The van der Waals surface area contributed by atoms with Gasteiger partial charge in [0, 0.05) is 13.1 Å². The molecule has 100 valence electrons. The van der Waals surface area contributed by atoms with Crippen LogP contribution in [0.3, 0.4) is 0 Å². The number of likely N-dealkylation sites (N-methyl/N-ethyl adjacent to an activating group) is 1. The maximum absolute atomic E-state index is 10.1. The molecule has 1 unspecified atom stereocenters. The molecule has 0 aromatic rings. The summed E-state index contributed by atoms with van der Waals surface area (Å²) in [6.45, 7) is 2.08. The standard InChI is InChI=1S/C15H29NO/c1-16(11-14-8-4-5-9-14)12-15(17)10-13-6-2-3-7-13/h13-15,17H,2-12H2,1H3. The molecule has 0 aliphatic heterocycles. The molecule has 2 fully saturated rings. The van der Waals surface area contributed by atoms with Crippen LogP contribution in [0.15, 0.2) is 0 Å². The van der Waals surface area contributed by atoms with Gasteiger partial charge in [0.1, 0.15) is 0 Å². The maximum atomic E-state index is 10.1. The number of nitrogens with zero attached hydrogens (tertiary/aromatic N) is 1. The number of rotatable bonds is 6. The summed E-state index contributed by atoms with van der Waals surface area (Å²) in [5.74, 6) is 1.71. The Morgan fingerprint density at radius 2 is 1.53 bits per heavy atom. The number of hydrogen-bond donors (Lipinski definition) is 1. The normalized spacial score (nSPS) is 24.9. The first-order valence-electron chi connectivity index (χ1n) is 7.60. The molecule has 2 aliphatic rings. The summed E-state index contributed by atoms with van der Waals surface area (Å²) in [4.78, 5) is 2.36. The summed E-state index contributed by atoms with van der Waals surface area (Å²) in [6.07, 6.45) is 12.1. The van der Waals surface area contributed by atoms with Crippen molar-refractivity contribution in [3.05, 3.63) is 0 Å². The molecular weight excluding hydrogens is 210 g/mol. The molecule has 0 aromatic heterocycles. The summed E-state index contributed by atoms with van der Waals surface area (Å²) < 4.78 is 0. The second kappa shape index (κ2) is 6.75. The number of hydrogen-bond acceptors (Lipinski definition) is 2. The van der Waals surface area contributed by atoms with Gasteiger partial charge in [-0.1, -0.05) is 38.5 Å². The molecule has 2 saturated carbocycles. The quantitative estimate of drug-likeness (QED) is 0.770. The molecular formula is C15H29NO. The van der Waals surface area contributed by atoms with Gasteiger partial charge in [-0.05, 0) is 38.1 Å². The summed E-state index contributed by atoms with van der Waals surface area (Å²) in [7, 11) is 2.18. The van der Waals surface area contributed by atoms with E-state index in [-0.39, 0.29) is 6.10 Å². The largest absolute Gasteiger partial charge is 0.392 e. The third-order valence-corrected chi connectivity index (χ3v) is 4.65. The molecule has 17 heavy (non-hydrogen) atoms. The molecule has 0 amide bonds. The Hall–Kier alpha value is -0.0800. The van der Waals surface area contributed by atoms with E-state index in [9.17, 15) is 5.11 Å². The van der Waals surface area contributed by atoms with E-state index in [2.05, 4.69) is 11.9 Å². The molecule has 0 heterocycles. The van der Waals surface area contributed by atoms with Crippen LogP contribution in [-0.4, -0.2) is 36.2 Å². The molecule has 2 rings (SSSR count). The minimum absolute atomic E-state index is 0.0931. The van der Waals surface area contributed by atoms with Crippen molar-refractivity contribution < 1.29 is 5.11 Å². The summed E-state index contributed by atoms with van der Waals surface area (Å²) >= 11 is 0. The van der Waals surface area contributed by atoms with Crippen molar-refractivity contribution in [2.45, 2.75) is 63.9 Å². The van der Waals surface area contributed by atoms with E-state index in [4.69, 9.17) is 0 Å². The molecule has 2 heteroatoms. The molecule has 0 bridgehead atoms. The van der Waals surface area contributed by atoms with Crippen LogP contribution in [0.4, 0.5) is 0 Å². The Bertz CT molecular complexity index is 185. The van der Waals surface area contributed by atoms with Gasteiger partial charge in [-0.3, -0.25) is 0 Å². The van der Waals surface area contributed by atoms with Crippen LogP contribution >= 0.6 is 0 Å². The molecule has 2 nitrogen and oxygen atoms in total. The van der Waals surface area contributed by atoms with Crippen LogP contribution in [0.25, 0.3) is 0 Å². The van der Waals surface area contributed by atoms with Gasteiger partial charge in [-0.15, -0.1) is 0 Å². The Morgan fingerprint density at radius 3 is 2.12 bits per heavy atom. The third-order valence-electron chi connectivity index (χ3n) is 4.65. The van der Waals surface area contributed by atoms with E-state index in [1.807, 2.05) is 0 Å². The minimum Gasteiger partial charge on any atom is -0.392 e. The fourth-order valence-electron chi connectivity index (χ4n) is 3.77. The van der Waals surface area contributed by atoms with Crippen LogP contribution in [-0.2, 0) is 0 Å². The maximum Gasteiger partial charge on any atom is 0.0669 e. The Morgan fingerprint density at radius 1 is 1.00 bits per heavy atom. The Labute approximate surface area is 106 Å².